The highest BCUT2D eigenvalue weighted by Gasteiger charge is 2.25. The molecule has 1 heterocycles. The molecular weight excluding hydrogens is 432 g/mol. The average molecular weight is 467 g/mol. The van der Waals surface area contributed by atoms with Crippen LogP contribution in [0.15, 0.2) is 46.5 Å². The first-order chi connectivity index (χ1) is 16.2. The van der Waals surface area contributed by atoms with Crippen molar-refractivity contribution >= 4 is 17.4 Å². The fourth-order valence-corrected chi connectivity index (χ4v) is 3.70. The van der Waals surface area contributed by atoms with Crippen LogP contribution in [0.3, 0.4) is 0 Å². The normalized spacial score (nSPS) is 10.9. The molecule has 0 atom stereocenters. The number of aromatic nitrogens is 2. The molecule has 0 bridgehead atoms. The first-order valence-electron chi connectivity index (χ1n) is 11.5. The fraction of sp³-hybridized carbons (Fsp3) is 0.440. The van der Waals surface area contributed by atoms with E-state index in [0.29, 0.717) is 38.2 Å². The Morgan fingerprint density at radius 3 is 2.71 bits per heavy atom. The highest BCUT2D eigenvalue weighted by atomic mass is 16.2. The third-order valence-electron chi connectivity index (χ3n) is 5.28. The van der Waals surface area contributed by atoms with Crippen molar-refractivity contribution in [3.05, 3.63) is 68.9 Å². The third kappa shape index (κ3) is 6.93. The van der Waals surface area contributed by atoms with Crippen LogP contribution in [0.25, 0.3) is 0 Å². The van der Waals surface area contributed by atoms with Crippen LogP contribution < -0.4 is 21.9 Å². The second-order valence-corrected chi connectivity index (χ2v) is 8.67. The summed E-state index contributed by atoms with van der Waals surface area (Å²) in [6.07, 6.45) is 3.17. The molecule has 34 heavy (non-hydrogen) atoms. The van der Waals surface area contributed by atoms with Crippen LogP contribution in [0.5, 0.6) is 0 Å². The van der Waals surface area contributed by atoms with Gasteiger partial charge in [0.25, 0.3) is 5.56 Å². The molecule has 0 spiro atoms. The Hall–Kier alpha value is -3.64. The largest absolute Gasteiger partial charge is 0.383 e. The van der Waals surface area contributed by atoms with Gasteiger partial charge in [0.1, 0.15) is 5.82 Å². The molecular formula is C25H34N6O3. The molecule has 9 nitrogen and oxygen atoms in total. The van der Waals surface area contributed by atoms with E-state index < -0.39 is 11.2 Å². The number of carbonyl (C=O) groups is 1. The second-order valence-electron chi connectivity index (χ2n) is 8.67. The van der Waals surface area contributed by atoms with Crippen LogP contribution in [0, 0.1) is 17.2 Å². The molecule has 1 amide bonds. The van der Waals surface area contributed by atoms with Gasteiger partial charge in [0.05, 0.1) is 18.2 Å². The molecule has 2 rings (SSSR count). The third-order valence-corrected chi connectivity index (χ3v) is 5.28. The van der Waals surface area contributed by atoms with Gasteiger partial charge in [0.15, 0.2) is 5.69 Å². The number of nitrogens with two attached hydrogens (primary N) is 1. The van der Waals surface area contributed by atoms with Gasteiger partial charge >= 0.3 is 5.69 Å². The SMILES string of the molecule is C=CCN(CC(=O)N(CCCC)c1c(N)n(CC(C)C)c(=O)[nH]c1=O)Cc1cccc(C#N)c1. The lowest BCUT2D eigenvalue weighted by atomic mass is 10.1. The van der Waals surface area contributed by atoms with Gasteiger partial charge in [-0.1, -0.05) is 45.4 Å². The zero-order valence-corrected chi connectivity index (χ0v) is 20.2. The van der Waals surface area contributed by atoms with Gasteiger partial charge in [0, 0.05) is 26.2 Å². The predicted molar refractivity (Wildman–Crippen MR) is 134 cm³/mol. The summed E-state index contributed by atoms with van der Waals surface area (Å²) in [6.45, 7) is 11.1. The molecule has 0 saturated heterocycles. The number of unbranched alkanes of at least 4 members (excludes halogenated alkanes) is 1. The standard InChI is InChI=1S/C25H34N6O3/c1-5-7-12-30(22-23(27)31(15-18(3)4)25(34)28-24(22)33)21(32)17-29(11-6-2)16-20-10-8-9-19(13-20)14-26/h6,8-10,13,18H,2,5,7,11-12,15-17,27H2,1,3-4H3,(H,28,33,34). The average Bonchev–Trinajstić information content (AvgIpc) is 2.78. The summed E-state index contributed by atoms with van der Waals surface area (Å²) in [4.78, 5) is 44.2. The van der Waals surface area contributed by atoms with Gasteiger partial charge < -0.3 is 10.6 Å². The monoisotopic (exact) mass is 466 g/mol. The molecule has 2 aromatic rings. The molecule has 182 valence electrons. The number of rotatable bonds is 12. The number of nitrogen functional groups attached to an aromatic ring is 1. The lowest BCUT2D eigenvalue weighted by Gasteiger charge is -2.28. The van der Waals surface area contributed by atoms with Crippen molar-refractivity contribution in [3.8, 4) is 6.07 Å². The topological polar surface area (TPSA) is 128 Å². The highest BCUT2D eigenvalue weighted by Crippen LogP contribution is 2.19. The first-order valence-corrected chi connectivity index (χ1v) is 11.5. The Labute approximate surface area is 200 Å². The molecule has 0 unspecified atom stereocenters. The number of carbonyl (C=O) groups excluding carboxylic acids is 1. The van der Waals surface area contributed by atoms with Crippen LogP contribution in [-0.4, -0.2) is 40.0 Å². The van der Waals surface area contributed by atoms with Crippen LogP contribution in [0.4, 0.5) is 11.5 Å². The Kier molecular flexibility index (Phi) is 9.83. The number of hydrogen-bond donors (Lipinski definition) is 2. The molecule has 0 aliphatic rings. The number of aromatic amines is 1. The minimum Gasteiger partial charge on any atom is -0.383 e. The van der Waals surface area contributed by atoms with Gasteiger partial charge in [-0.15, -0.1) is 6.58 Å². The van der Waals surface area contributed by atoms with E-state index in [1.54, 1.807) is 24.3 Å². The van der Waals surface area contributed by atoms with E-state index in [9.17, 15) is 14.4 Å². The van der Waals surface area contributed by atoms with Crippen molar-refractivity contribution in [1.29, 1.82) is 5.26 Å². The Morgan fingerprint density at radius 1 is 1.35 bits per heavy atom. The van der Waals surface area contributed by atoms with E-state index in [2.05, 4.69) is 17.6 Å². The summed E-state index contributed by atoms with van der Waals surface area (Å²) in [5, 5.41) is 9.17. The maximum absolute atomic E-state index is 13.5. The van der Waals surface area contributed by atoms with Crippen molar-refractivity contribution in [1.82, 2.24) is 14.5 Å². The molecule has 1 aromatic carbocycles. The van der Waals surface area contributed by atoms with Crippen molar-refractivity contribution in [2.75, 3.05) is 30.3 Å². The van der Waals surface area contributed by atoms with Gasteiger partial charge in [-0.05, 0) is 30.0 Å². The lowest BCUT2D eigenvalue weighted by Crippen LogP contribution is -2.45. The number of nitriles is 1. The van der Waals surface area contributed by atoms with Gasteiger partial charge in [-0.2, -0.15) is 5.26 Å². The zero-order chi connectivity index (χ0) is 25.3. The van der Waals surface area contributed by atoms with Crippen LogP contribution in [0.1, 0.15) is 44.7 Å². The van der Waals surface area contributed by atoms with E-state index in [0.717, 1.165) is 12.0 Å². The van der Waals surface area contributed by atoms with Gasteiger partial charge in [-0.3, -0.25) is 24.0 Å². The van der Waals surface area contributed by atoms with Crippen molar-refractivity contribution in [3.63, 3.8) is 0 Å². The Morgan fingerprint density at radius 2 is 2.09 bits per heavy atom. The molecule has 0 saturated carbocycles. The quantitative estimate of drug-likeness (QED) is 0.463. The molecule has 0 aliphatic heterocycles. The molecule has 0 fully saturated rings. The fourth-order valence-electron chi connectivity index (χ4n) is 3.70. The molecule has 0 aliphatic carbocycles. The van der Waals surface area contributed by atoms with Gasteiger partial charge in [0.2, 0.25) is 5.91 Å². The zero-order valence-electron chi connectivity index (χ0n) is 20.2. The summed E-state index contributed by atoms with van der Waals surface area (Å²) >= 11 is 0. The van der Waals surface area contributed by atoms with Crippen molar-refractivity contribution in [2.45, 2.75) is 46.7 Å². The van der Waals surface area contributed by atoms with E-state index in [1.165, 1.54) is 9.47 Å². The van der Waals surface area contributed by atoms with Crippen LogP contribution in [-0.2, 0) is 17.9 Å². The van der Waals surface area contributed by atoms with Crippen molar-refractivity contribution in [2.24, 2.45) is 5.92 Å². The molecule has 0 radical (unpaired) electrons. The Bertz CT molecular complexity index is 1160. The molecule has 9 heteroatoms. The summed E-state index contributed by atoms with van der Waals surface area (Å²) in [5.74, 6) is -0.201. The minimum atomic E-state index is -0.677. The van der Waals surface area contributed by atoms with E-state index in [-0.39, 0.29) is 29.9 Å². The molecule has 3 N–H and O–H groups in total. The van der Waals surface area contributed by atoms with E-state index in [4.69, 9.17) is 11.0 Å². The number of amides is 1. The maximum Gasteiger partial charge on any atom is 0.330 e. The smallest absolute Gasteiger partial charge is 0.330 e. The Balaban J connectivity index is 2.41. The van der Waals surface area contributed by atoms with Crippen molar-refractivity contribution < 1.29 is 4.79 Å². The number of benzene rings is 1. The number of hydrogen-bond acceptors (Lipinski definition) is 6. The number of nitrogens with one attached hydrogen (secondary N) is 1. The first kappa shape index (κ1) is 26.6. The van der Waals surface area contributed by atoms with E-state index >= 15 is 0 Å². The summed E-state index contributed by atoms with van der Waals surface area (Å²) in [7, 11) is 0. The summed E-state index contributed by atoms with van der Waals surface area (Å²) in [5.41, 5.74) is 6.44. The molecule has 1 aromatic heterocycles. The van der Waals surface area contributed by atoms with Crippen LogP contribution in [0.2, 0.25) is 0 Å². The van der Waals surface area contributed by atoms with Crippen LogP contribution >= 0.6 is 0 Å². The number of nitrogens with zero attached hydrogens (tertiary/aromatic N) is 4. The van der Waals surface area contributed by atoms with Gasteiger partial charge in [-0.25, -0.2) is 4.79 Å². The van der Waals surface area contributed by atoms with E-state index in [1.807, 2.05) is 31.7 Å². The number of H-pyrrole nitrogens is 1. The maximum atomic E-state index is 13.5. The summed E-state index contributed by atoms with van der Waals surface area (Å²) in [6, 6.07) is 9.31. The predicted octanol–water partition coefficient (Wildman–Crippen LogP) is 2.47. The second kappa shape index (κ2) is 12.6. The summed E-state index contributed by atoms with van der Waals surface area (Å²) < 4.78 is 1.31. The minimum absolute atomic E-state index is 0.00345. The lowest BCUT2D eigenvalue weighted by molar-refractivity contribution is -0.119. The highest BCUT2D eigenvalue weighted by molar-refractivity contribution is 5.96. The number of anilines is 2.